The van der Waals surface area contributed by atoms with Crippen molar-refractivity contribution in [1.29, 1.82) is 0 Å². The molecule has 0 saturated carbocycles. The summed E-state index contributed by atoms with van der Waals surface area (Å²) in [6, 6.07) is 0. The van der Waals surface area contributed by atoms with Crippen molar-refractivity contribution in [2.45, 2.75) is 12.2 Å². The Kier molecular flexibility index (Phi) is 2.11. The second-order valence-electron chi connectivity index (χ2n) is 1.98. The van der Waals surface area contributed by atoms with Crippen molar-refractivity contribution in [2.75, 3.05) is 0 Å². The molecule has 54 valence electrons. The Labute approximate surface area is 64.3 Å². The Morgan fingerprint density at radius 1 is 1.90 bits per heavy atom. The lowest BCUT2D eigenvalue weighted by Gasteiger charge is -1.96. The molecule has 0 bridgehead atoms. The average molecular weight is 156 g/mol. The maximum absolute atomic E-state index is 11.0. The van der Waals surface area contributed by atoms with Crippen molar-refractivity contribution < 1.29 is 4.79 Å². The number of Topliss-reactive ketones (excluding diaryl/α,β-unsaturated/α-hetero) is 1. The van der Waals surface area contributed by atoms with Gasteiger partial charge in [0.15, 0.2) is 5.82 Å². The molecule has 0 amide bonds. The van der Waals surface area contributed by atoms with E-state index in [9.17, 15) is 4.79 Å². The van der Waals surface area contributed by atoms with Gasteiger partial charge in [-0.3, -0.25) is 4.79 Å². The van der Waals surface area contributed by atoms with Crippen molar-refractivity contribution >= 4 is 18.4 Å². The summed E-state index contributed by atoms with van der Waals surface area (Å²) in [7, 11) is 0. The average Bonchev–Trinajstić information content (AvgIpc) is 2.36. The van der Waals surface area contributed by atoms with Crippen molar-refractivity contribution in [3.05, 3.63) is 18.2 Å². The Hall–Kier alpha value is -0.770. The van der Waals surface area contributed by atoms with E-state index in [1.54, 1.807) is 19.3 Å². The van der Waals surface area contributed by atoms with E-state index < -0.39 is 0 Å². The van der Waals surface area contributed by atoms with Crippen LogP contribution >= 0.6 is 12.6 Å². The molecule has 0 aliphatic heterocycles. The normalized spacial score (nSPS) is 13.0. The molecule has 10 heavy (non-hydrogen) atoms. The van der Waals surface area contributed by atoms with Crippen LogP contribution in [-0.2, 0) is 0 Å². The minimum absolute atomic E-state index is 0.0756. The molecule has 1 N–H and O–H groups in total. The van der Waals surface area contributed by atoms with E-state index in [2.05, 4.69) is 22.6 Å². The van der Waals surface area contributed by atoms with Gasteiger partial charge < -0.3 is 4.98 Å². The number of imidazole rings is 1. The van der Waals surface area contributed by atoms with Gasteiger partial charge in [-0.2, -0.15) is 12.6 Å². The highest BCUT2D eigenvalue weighted by Gasteiger charge is 2.12. The molecule has 1 heterocycles. The Morgan fingerprint density at radius 2 is 2.60 bits per heavy atom. The van der Waals surface area contributed by atoms with Crippen LogP contribution in [0.2, 0.25) is 0 Å². The van der Waals surface area contributed by atoms with E-state index in [1.165, 1.54) is 0 Å². The van der Waals surface area contributed by atoms with Crippen LogP contribution in [0.25, 0.3) is 0 Å². The van der Waals surface area contributed by atoms with Crippen LogP contribution in [0.1, 0.15) is 17.5 Å². The van der Waals surface area contributed by atoms with Gasteiger partial charge in [0.1, 0.15) is 0 Å². The van der Waals surface area contributed by atoms with E-state index in [1.807, 2.05) is 0 Å². The Balaban J connectivity index is 2.78. The fourth-order valence-electron chi connectivity index (χ4n) is 0.598. The second kappa shape index (κ2) is 2.88. The lowest BCUT2D eigenvalue weighted by molar-refractivity contribution is 0.0985. The molecule has 1 aromatic rings. The summed E-state index contributed by atoms with van der Waals surface area (Å²) >= 11 is 3.97. The van der Waals surface area contributed by atoms with Gasteiger partial charge in [-0.15, -0.1) is 0 Å². The molecule has 0 aliphatic carbocycles. The van der Waals surface area contributed by atoms with Gasteiger partial charge in [-0.05, 0) is 6.92 Å². The standard InChI is InChI=1S/C6H8N2OS/c1-4(10)5(9)6-7-2-3-8-6/h2-4,10H,1H3,(H,7,8). The quantitative estimate of drug-likeness (QED) is 0.494. The Bertz CT molecular complexity index is 218. The first kappa shape index (κ1) is 7.34. The molecular formula is C6H8N2OS. The number of ketones is 1. The highest BCUT2D eigenvalue weighted by Crippen LogP contribution is 2.01. The van der Waals surface area contributed by atoms with Gasteiger partial charge in [0.2, 0.25) is 5.78 Å². The molecule has 0 fully saturated rings. The molecule has 0 aromatic carbocycles. The fraction of sp³-hybridized carbons (Fsp3) is 0.333. The van der Waals surface area contributed by atoms with Crippen LogP contribution in [-0.4, -0.2) is 21.0 Å². The van der Waals surface area contributed by atoms with E-state index >= 15 is 0 Å². The zero-order valence-corrected chi connectivity index (χ0v) is 6.43. The number of aromatic amines is 1. The van der Waals surface area contributed by atoms with E-state index in [0.717, 1.165) is 0 Å². The van der Waals surface area contributed by atoms with E-state index in [4.69, 9.17) is 0 Å². The van der Waals surface area contributed by atoms with Gasteiger partial charge in [0.25, 0.3) is 0 Å². The highest BCUT2D eigenvalue weighted by atomic mass is 32.1. The van der Waals surface area contributed by atoms with Crippen molar-refractivity contribution in [2.24, 2.45) is 0 Å². The molecule has 1 atom stereocenters. The SMILES string of the molecule is CC(S)C(=O)c1ncc[nH]1. The number of H-pyrrole nitrogens is 1. The third-order valence-electron chi connectivity index (χ3n) is 1.11. The van der Waals surface area contributed by atoms with Crippen LogP contribution in [0.15, 0.2) is 12.4 Å². The van der Waals surface area contributed by atoms with Crippen LogP contribution < -0.4 is 0 Å². The molecule has 0 spiro atoms. The summed E-state index contributed by atoms with van der Waals surface area (Å²) in [5.41, 5.74) is 0. The van der Waals surface area contributed by atoms with Crippen molar-refractivity contribution in [3.63, 3.8) is 0 Å². The van der Waals surface area contributed by atoms with Crippen LogP contribution in [0.5, 0.6) is 0 Å². The molecule has 0 radical (unpaired) electrons. The number of nitrogens with zero attached hydrogens (tertiary/aromatic N) is 1. The minimum Gasteiger partial charge on any atom is -0.342 e. The molecule has 4 heteroatoms. The summed E-state index contributed by atoms with van der Waals surface area (Å²) in [4.78, 5) is 17.5. The monoisotopic (exact) mass is 156 g/mol. The van der Waals surface area contributed by atoms with Gasteiger partial charge in [0, 0.05) is 12.4 Å². The van der Waals surface area contributed by atoms with Gasteiger partial charge >= 0.3 is 0 Å². The summed E-state index contributed by atoms with van der Waals surface area (Å²) in [5.74, 6) is 0.302. The maximum Gasteiger partial charge on any atom is 0.210 e. The molecule has 1 unspecified atom stereocenters. The lowest BCUT2D eigenvalue weighted by atomic mass is 10.3. The van der Waals surface area contributed by atoms with Gasteiger partial charge in [0.05, 0.1) is 5.25 Å². The summed E-state index contributed by atoms with van der Waals surface area (Å²) in [5, 5.41) is -0.286. The summed E-state index contributed by atoms with van der Waals surface area (Å²) < 4.78 is 0. The number of rotatable bonds is 2. The zero-order chi connectivity index (χ0) is 7.56. The topological polar surface area (TPSA) is 45.8 Å². The third kappa shape index (κ3) is 1.39. The van der Waals surface area contributed by atoms with Crippen molar-refractivity contribution in [3.8, 4) is 0 Å². The first-order chi connectivity index (χ1) is 4.72. The van der Waals surface area contributed by atoms with Gasteiger partial charge in [-0.1, -0.05) is 0 Å². The first-order valence-electron chi connectivity index (χ1n) is 2.93. The number of hydrogen-bond acceptors (Lipinski definition) is 3. The number of nitrogens with one attached hydrogen (secondary N) is 1. The third-order valence-corrected chi connectivity index (χ3v) is 1.35. The molecule has 0 saturated heterocycles. The number of carbonyl (C=O) groups excluding carboxylic acids is 1. The molecule has 3 nitrogen and oxygen atoms in total. The zero-order valence-electron chi connectivity index (χ0n) is 5.53. The summed E-state index contributed by atoms with van der Waals surface area (Å²) in [6.45, 7) is 1.72. The first-order valence-corrected chi connectivity index (χ1v) is 3.45. The Morgan fingerprint density at radius 3 is 3.00 bits per heavy atom. The molecule has 1 rings (SSSR count). The maximum atomic E-state index is 11.0. The number of thiol groups is 1. The molecule has 0 aliphatic rings. The molecular weight excluding hydrogens is 148 g/mol. The predicted molar refractivity (Wildman–Crippen MR) is 41.4 cm³/mol. The number of hydrogen-bond donors (Lipinski definition) is 2. The van der Waals surface area contributed by atoms with E-state index in [-0.39, 0.29) is 11.0 Å². The van der Waals surface area contributed by atoms with E-state index in [0.29, 0.717) is 5.82 Å². The fourth-order valence-corrected chi connectivity index (χ4v) is 0.720. The van der Waals surface area contributed by atoms with Crippen LogP contribution in [0.3, 0.4) is 0 Å². The van der Waals surface area contributed by atoms with Crippen molar-refractivity contribution in [1.82, 2.24) is 9.97 Å². The second-order valence-corrected chi connectivity index (χ2v) is 2.75. The van der Waals surface area contributed by atoms with Gasteiger partial charge in [-0.25, -0.2) is 4.98 Å². The van der Waals surface area contributed by atoms with Crippen LogP contribution in [0.4, 0.5) is 0 Å². The summed E-state index contributed by atoms with van der Waals surface area (Å²) in [6.07, 6.45) is 3.16. The smallest absolute Gasteiger partial charge is 0.210 e. The number of aromatic nitrogens is 2. The minimum atomic E-state index is -0.286. The largest absolute Gasteiger partial charge is 0.342 e. The predicted octanol–water partition coefficient (Wildman–Crippen LogP) is 0.911. The number of carbonyl (C=O) groups is 1. The highest BCUT2D eigenvalue weighted by molar-refractivity contribution is 7.81. The van der Waals surface area contributed by atoms with Crippen LogP contribution in [0, 0.1) is 0 Å². The lowest BCUT2D eigenvalue weighted by Crippen LogP contribution is -2.12. The molecule has 1 aromatic heterocycles.